The molecule has 0 spiro atoms. The number of piperidine rings is 1. The van der Waals surface area contributed by atoms with E-state index in [0.29, 0.717) is 12.0 Å². The molecule has 0 radical (unpaired) electrons. The number of nitrogens with zero attached hydrogens (tertiary/aromatic N) is 1. The molecule has 1 aliphatic carbocycles. The van der Waals surface area contributed by atoms with Gasteiger partial charge in [0.25, 0.3) is 0 Å². The normalized spacial score (nSPS) is 37.0. The highest BCUT2D eigenvalue weighted by Gasteiger charge is 2.31. The van der Waals surface area contributed by atoms with Crippen LogP contribution < -0.4 is 11.1 Å². The second-order valence-corrected chi connectivity index (χ2v) is 6.56. The molecule has 4 heteroatoms. The van der Waals surface area contributed by atoms with Crippen LogP contribution in [0.15, 0.2) is 0 Å². The Morgan fingerprint density at radius 1 is 1.32 bits per heavy atom. The highest BCUT2D eigenvalue weighted by atomic mass is 16.1. The highest BCUT2D eigenvalue weighted by Crippen LogP contribution is 2.28. The Bertz CT molecular complexity index is 308. The van der Waals surface area contributed by atoms with E-state index in [2.05, 4.69) is 24.2 Å². The van der Waals surface area contributed by atoms with E-state index >= 15 is 0 Å². The third kappa shape index (κ3) is 3.93. The minimum Gasteiger partial charge on any atom is -0.354 e. The van der Waals surface area contributed by atoms with Crippen LogP contribution in [0.25, 0.3) is 0 Å². The Balaban J connectivity index is 1.79. The standard InChI is InChI=1S/C15H29N3O/c1-11-6-7-14(16)13(9-11)15(19)17-10-12-5-3-4-8-18(12)2/h11-14H,3-10,16H2,1-2H3,(H,17,19). The Hall–Kier alpha value is -0.610. The molecule has 1 heterocycles. The predicted molar refractivity (Wildman–Crippen MR) is 77.8 cm³/mol. The van der Waals surface area contributed by atoms with Gasteiger partial charge in [-0.05, 0) is 51.6 Å². The van der Waals surface area contributed by atoms with Crippen LogP contribution in [0.4, 0.5) is 0 Å². The van der Waals surface area contributed by atoms with Crippen LogP contribution in [0.2, 0.25) is 0 Å². The summed E-state index contributed by atoms with van der Waals surface area (Å²) < 4.78 is 0. The summed E-state index contributed by atoms with van der Waals surface area (Å²) >= 11 is 0. The first-order valence-corrected chi connectivity index (χ1v) is 7.81. The first kappa shape index (κ1) is 14.8. The number of nitrogens with two attached hydrogens (primary N) is 1. The van der Waals surface area contributed by atoms with Crippen LogP contribution in [0, 0.1) is 11.8 Å². The minimum atomic E-state index is 0.0256. The zero-order chi connectivity index (χ0) is 13.8. The number of hydrogen-bond acceptors (Lipinski definition) is 3. The van der Waals surface area contributed by atoms with Gasteiger partial charge in [-0.15, -0.1) is 0 Å². The number of likely N-dealkylation sites (N-methyl/N-ethyl adjacent to an activating group) is 1. The number of likely N-dealkylation sites (tertiary alicyclic amines) is 1. The van der Waals surface area contributed by atoms with Crippen molar-refractivity contribution in [1.82, 2.24) is 10.2 Å². The van der Waals surface area contributed by atoms with Crippen LogP contribution in [-0.2, 0) is 4.79 Å². The second-order valence-electron chi connectivity index (χ2n) is 6.56. The fraction of sp³-hybridized carbons (Fsp3) is 0.933. The first-order chi connectivity index (χ1) is 9.08. The average molecular weight is 267 g/mol. The summed E-state index contributed by atoms with van der Waals surface area (Å²) in [5.41, 5.74) is 6.11. The maximum atomic E-state index is 12.3. The summed E-state index contributed by atoms with van der Waals surface area (Å²) in [7, 11) is 2.16. The van der Waals surface area contributed by atoms with Crippen LogP contribution in [0.1, 0.15) is 45.4 Å². The maximum absolute atomic E-state index is 12.3. The second kappa shape index (κ2) is 6.71. The Morgan fingerprint density at radius 2 is 2.11 bits per heavy atom. The van der Waals surface area contributed by atoms with E-state index in [0.717, 1.165) is 32.4 Å². The van der Waals surface area contributed by atoms with Crippen LogP contribution in [0.3, 0.4) is 0 Å². The number of nitrogens with one attached hydrogen (secondary N) is 1. The van der Waals surface area contributed by atoms with Gasteiger partial charge in [0.15, 0.2) is 0 Å². The summed E-state index contributed by atoms with van der Waals surface area (Å²) in [5.74, 6) is 0.837. The van der Waals surface area contributed by atoms with Crippen molar-refractivity contribution in [2.45, 2.75) is 57.5 Å². The van der Waals surface area contributed by atoms with Gasteiger partial charge in [-0.2, -0.15) is 0 Å². The van der Waals surface area contributed by atoms with Crippen molar-refractivity contribution < 1.29 is 4.79 Å². The van der Waals surface area contributed by atoms with Gasteiger partial charge in [-0.1, -0.05) is 13.3 Å². The Kier molecular flexibility index (Phi) is 5.22. The zero-order valence-corrected chi connectivity index (χ0v) is 12.4. The van der Waals surface area contributed by atoms with Crippen molar-refractivity contribution in [1.29, 1.82) is 0 Å². The van der Waals surface area contributed by atoms with Gasteiger partial charge in [0.2, 0.25) is 5.91 Å². The van der Waals surface area contributed by atoms with Crippen LogP contribution >= 0.6 is 0 Å². The lowest BCUT2D eigenvalue weighted by molar-refractivity contribution is -0.127. The molecule has 1 saturated heterocycles. The van der Waals surface area contributed by atoms with E-state index in [1.807, 2.05) is 0 Å². The monoisotopic (exact) mass is 267 g/mol. The SMILES string of the molecule is CC1CCC(N)C(C(=O)NCC2CCCCN2C)C1. The van der Waals surface area contributed by atoms with E-state index < -0.39 is 0 Å². The van der Waals surface area contributed by atoms with Gasteiger partial charge in [0, 0.05) is 18.6 Å². The van der Waals surface area contributed by atoms with Crippen molar-refractivity contribution in [3.8, 4) is 0 Å². The molecule has 2 aliphatic rings. The molecule has 0 aromatic rings. The van der Waals surface area contributed by atoms with Gasteiger partial charge in [0.05, 0.1) is 5.92 Å². The molecule has 2 fully saturated rings. The van der Waals surface area contributed by atoms with Crippen molar-refractivity contribution in [3.63, 3.8) is 0 Å². The molecule has 110 valence electrons. The number of rotatable bonds is 3. The molecule has 4 unspecified atom stereocenters. The van der Waals surface area contributed by atoms with E-state index in [4.69, 9.17) is 5.73 Å². The summed E-state index contributed by atoms with van der Waals surface area (Å²) in [6.45, 7) is 4.16. The van der Waals surface area contributed by atoms with Gasteiger partial charge in [0.1, 0.15) is 0 Å². The van der Waals surface area contributed by atoms with Crippen molar-refractivity contribution in [2.75, 3.05) is 20.1 Å². The van der Waals surface area contributed by atoms with Crippen molar-refractivity contribution in [2.24, 2.45) is 17.6 Å². The largest absolute Gasteiger partial charge is 0.354 e. The third-order valence-electron chi connectivity index (χ3n) is 4.94. The topological polar surface area (TPSA) is 58.4 Å². The summed E-state index contributed by atoms with van der Waals surface area (Å²) in [5, 5.41) is 3.14. The Labute approximate surface area is 117 Å². The molecule has 0 aromatic carbocycles. The lowest BCUT2D eigenvalue weighted by atomic mass is 9.78. The average Bonchev–Trinajstić information content (AvgIpc) is 2.40. The quantitative estimate of drug-likeness (QED) is 0.811. The lowest BCUT2D eigenvalue weighted by Crippen LogP contribution is -2.49. The molecule has 2 rings (SSSR count). The van der Waals surface area contributed by atoms with E-state index in [9.17, 15) is 4.79 Å². The summed E-state index contributed by atoms with van der Waals surface area (Å²) in [6, 6.07) is 0.565. The van der Waals surface area contributed by atoms with E-state index in [-0.39, 0.29) is 17.9 Å². The van der Waals surface area contributed by atoms with Crippen molar-refractivity contribution in [3.05, 3.63) is 0 Å². The molecule has 19 heavy (non-hydrogen) atoms. The van der Waals surface area contributed by atoms with Gasteiger partial charge >= 0.3 is 0 Å². The fourth-order valence-corrected chi connectivity index (χ4v) is 3.46. The fourth-order valence-electron chi connectivity index (χ4n) is 3.46. The predicted octanol–water partition coefficient (Wildman–Crippen LogP) is 1.35. The minimum absolute atomic E-state index is 0.0256. The van der Waals surface area contributed by atoms with Gasteiger partial charge < -0.3 is 16.0 Å². The molecular weight excluding hydrogens is 238 g/mol. The molecule has 1 saturated carbocycles. The first-order valence-electron chi connectivity index (χ1n) is 7.81. The smallest absolute Gasteiger partial charge is 0.224 e. The van der Waals surface area contributed by atoms with E-state index in [1.54, 1.807) is 0 Å². The molecule has 0 aromatic heterocycles. The summed E-state index contributed by atoms with van der Waals surface area (Å²) in [6.07, 6.45) is 6.87. The van der Waals surface area contributed by atoms with Crippen LogP contribution in [0.5, 0.6) is 0 Å². The molecule has 1 aliphatic heterocycles. The molecule has 4 nitrogen and oxygen atoms in total. The molecule has 3 N–H and O–H groups in total. The molecule has 0 bridgehead atoms. The van der Waals surface area contributed by atoms with Gasteiger partial charge in [-0.3, -0.25) is 4.79 Å². The molecule has 4 atom stereocenters. The summed E-state index contributed by atoms with van der Waals surface area (Å²) in [4.78, 5) is 14.7. The highest BCUT2D eigenvalue weighted by molar-refractivity contribution is 5.79. The maximum Gasteiger partial charge on any atom is 0.224 e. The number of carbonyl (C=O) groups excluding carboxylic acids is 1. The number of amides is 1. The Morgan fingerprint density at radius 3 is 2.84 bits per heavy atom. The zero-order valence-electron chi connectivity index (χ0n) is 12.4. The number of carbonyl (C=O) groups is 1. The third-order valence-corrected chi connectivity index (χ3v) is 4.94. The number of hydrogen-bond donors (Lipinski definition) is 2. The molecular formula is C15H29N3O. The molecule has 1 amide bonds. The van der Waals surface area contributed by atoms with Gasteiger partial charge in [-0.25, -0.2) is 0 Å². The lowest BCUT2D eigenvalue weighted by Gasteiger charge is -2.34. The van der Waals surface area contributed by atoms with Crippen molar-refractivity contribution >= 4 is 5.91 Å². The van der Waals surface area contributed by atoms with E-state index in [1.165, 1.54) is 19.3 Å². The van der Waals surface area contributed by atoms with Crippen LogP contribution in [-0.4, -0.2) is 43.0 Å².